The zero-order valence-electron chi connectivity index (χ0n) is 9.26. The number of ketones is 1. The topological polar surface area (TPSA) is 42.9 Å². The molecule has 1 aliphatic carbocycles. The van der Waals surface area contributed by atoms with Gasteiger partial charge in [0.25, 0.3) is 0 Å². The molecule has 0 amide bonds. The predicted molar refractivity (Wildman–Crippen MR) is 70.5 cm³/mol. The van der Waals surface area contributed by atoms with Gasteiger partial charge in [-0.25, -0.2) is 9.97 Å². The lowest BCUT2D eigenvalue weighted by atomic mass is 9.99. The van der Waals surface area contributed by atoms with Crippen molar-refractivity contribution < 1.29 is 4.79 Å². The Hall–Kier alpha value is -0.940. The third-order valence-electron chi connectivity index (χ3n) is 2.98. The van der Waals surface area contributed by atoms with Crippen molar-refractivity contribution in [3.63, 3.8) is 0 Å². The van der Waals surface area contributed by atoms with Crippen LogP contribution >= 0.6 is 23.1 Å². The molecule has 2 aromatic rings. The van der Waals surface area contributed by atoms with E-state index < -0.39 is 0 Å². The van der Waals surface area contributed by atoms with Crippen molar-refractivity contribution in [3.05, 3.63) is 17.8 Å². The highest BCUT2D eigenvalue weighted by atomic mass is 32.2. The molecule has 17 heavy (non-hydrogen) atoms. The monoisotopic (exact) mass is 264 g/mol. The number of nitrogens with zero attached hydrogens (tertiary/aromatic N) is 2. The number of fused-ring (bicyclic) bond motifs is 1. The first-order valence-corrected chi connectivity index (χ1v) is 7.48. The van der Waals surface area contributed by atoms with E-state index in [2.05, 4.69) is 9.97 Å². The van der Waals surface area contributed by atoms with Crippen LogP contribution in [0.1, 0.15) is 25.7 Å². The number of hydrogen-bond acceptors (Lipinski definition) is 5. The molecule has 5 heteroatoms. The van der Waals surface area contributed by atoms with Crippen LogP contribution in [0.15, 0.2) is 22.8 Å². The first-order valence-electron chi connectivity index (χ1n) is 5.72. The van der Waals surface area contributed by atoms with Crippen LogP contribution in [0.5, 0.6) is 0 Å². The van der Waals surface area contributed by atoms with Crippen molar-refractivity contribution in [3.8, 4) is 0 Å². The molecule has 0 N–H and O–H groups in total. The Balaban J connectivity index is 1.89. The van der Waals surface area contributed by atoms with Gasteiger partial charge in [0, 0.05) is 11.8 Å². The molecule has 3 rings (SSSR count). The number of hydrogen-bond donors (Lipinski definition) is 0. The molecular weight excluding hydrogens is 252 g/mol. The number of carbonyl (C=O) groups is 1. The molecule has 2 heterocycles. The molecule has 3 nitrogen and oxygen atoms in total. The van der Waals surface area contributed by atoms with Gasteiger partial charge in [0.05, 0.1) is 5.25 Å². The molecule has 0 spiro atoms. The average molecular weight is 264 g/mol. The van der Waals surface area contributed by atoms with Crippen LogP contribution in [-0.4, -0.2) is 21.0 Å². The van der Waals surface area contributed by atoms with Gasteiger partial charge in [-0.2, -0.15) is 0 Å². The van der Waals surface area contributed by atoms with Crippen LogP contribution in [-0.2, 0) is 4.79 Å². The van der Waals surface area contributed by atoms with E-state index >= 15 is 0 Å². The number of rotatable bonds is 2. The molecule has 0 saturated heterocycles. The zero-order chi connectivity index (χ0) is 11.7. The summed E-state index contributed by atoms with van der Waals surface area (Å²) < 4.78 is 0. The molecule has 0 bridgehead atoms. The fourth-order valence-electron chi connectivity index (χ4n) is 2.07. The quantitative estimate of drug-likeness (QED) is 0.781. The Labute approximate surface area is 108 Å². The SMILES string of the molecule is O=C1CCCCC1Sc1ncnc2sccc12. The molecule has 1 unspecified atom stereocenters. The molecule has 0 aliphatic heterocycles. The van der Waals surface area contributed by atoms with E-state index in [9.17, 15) is 4.79 Å². The van der Waals surface area contributed by atoms with Crippen molar-refractivity contribution in [1.29, 1.82) is 0 Å². The number of aromatic nitrogens is 2. The van der Waals surface area contributed by atoms with Gasteiger partial charge in [0.15, 0.2) is 0 Å². The van der Waals surface area contributed by atoms with Gasteiger partial charge in [0.2, 0.25) is 0 Å². The lowest BCUT2D eigenvalue weighted by Gasteiger charge is -2.19. The van der Waals surface area contributed by atoms with Crippen LogP contribution < -0.4 is 0 Å². The average Bonchev–Trinajstić information content (AvgIpc) is 2.81. The van der Waals surface area contributed by atoms with Crippen molar-refractivity contribution in [2.75, 3.05) is 0 Å². The summed E-state index contributed by atoms with van der Waals surface area (Å²) >= 11 is 3.23. The fraction of sp³-hybridized carbons (Fsp3) is 0.417. The highest BCUT2D eigenvalue weighted by molar-refractivity contribution is 8.00. The Morgan fingerprint density at radius 1 is 1.35 bits per heavy atom. The van der Waals surface area contributed by atoms with E-state index in [4.69, 9.17) is 0 Å². The molecule has 1 fully saturated rings. The van der Waals surface area contributed by atoms with Gasteiger partial charge in [-0.1, -0.05) is 18.2 Å². The highest BCUT2D eigenvalue weighted by Crippen LogP contribution is 2.34. The van der Waals surface area contributed by atoms with Crippen molar-refractivity contribution >= 4 is 39.1 Å². The lowest BCUT2D eigenvalue weighted by Crippen LogP contribution is -2.21. The number of thioether (sulfide) groups is 1. The van der Waals surface area contributed by atoms with Crippen LogP contribution in [0.25, 0.3) is 10.2 Å². The van der Waals surface area contributed by atoms with Crippen LogP contribution in [0.2, 0.25) is 0 Å². The summed E-state index contributed by atoms with van der Waals surface area (Å²) in [7, 11) is 0. The third kappa shape index (κ3) is 2.21. The summed E-state index contributed by atoms with van der Waals surface area (Å²) in [6, 6.07) is 2.04. The van der Waals surface area contributed by atoms with E-state index in [-0.39, 0.29) is 5.25 Å². The maximum absolute atomic E-state index is 11.8. The van der Waals surface area contributed by atoms with Gasteiger partial charge >= 0.3 is 0 Å². The molecular formula is C12H12N2OS2. The largest absolute Gasteiger partial charge is 0.298 e. The summed E-state index contributed by atoms with van der Waals surface area (Å²) in [5, 5.41) is 4.16. The number of thiophene rings is 1. The Kier molecular flexibility index (Phi) is 3.11. The molecule has 2 aromatic heterocycles. The second-order valence-corrected chi connectivity index (χ2v) is 6.22. The Morgan fingerprint density at radius 3 is 3.18 bits per heavy atom. The standard InChI is InChI=1S/C12H12N2OS2/c15-9-3-1-2-4-10(9)17-12-8-5-6-16-11(8)13-7-14-12/h5-7,10H,1-4H2. The van der Waals surface area contributed by atoms with Crippen molar-refractivity contribution in [1.82, 2.24) is 9.97 Å². The van der Waals surface area contributed by atoms with Crippen molar-refractivity contribution in [2.45, 2.75) is 36.0 Å². The number of Topliss-reactive ketones (excluding diaryl/α,β-unsaturated/α-hetero) is 1. The number of carbonyl (C=O) groups excluding carboxylic acids is 1. The summed E-state index contributed by atoms with van der Waals surface area (Å²) in [5.74, 6) is 0.378. The first kappa shape index (κ1) is 11.2. The second kappa shape index (κ2) is 4.74. The minimum Gasteiger partial charge on any atom is -0.298 e. The summed E-state index contributed by atoms with van der Waals surface area (Å²) in [6.07, 6.45) is 5.51. The van der Waals surface area contributed by atoms with Crippen LogP contribution in [0.4, 0.5) is 0 Å². The molecule has 1 saturated carbocycles. The van der Waals surface area contributed by atoms with E-state index in [1.165, 1.54) is 0 Å². The molecule has 1 aliphatic rings. The second-order valence-electron chi connectivity index (χ2n) is 4.14. The lowest BCUT2D eigenvalue weighted by molar-refractivity contribution is -0.119. The van der Waals surface area contributed by atoms with E-state index in [0.717, 1.165) is 40.9 Å². The van der Waals surface area contributed by atoms with E-state index in [0.29, 0.717) is 5.78 Å². The fourth-order valence-corrected chi connectivity index (χ4v) is 4.07. The van der Waals surface area contributed by atoms with Gasteiger partial charge in [-0.3, -0.25) is 4.79 Å². The Bertz CT molecular complexity index is 552. The van der Waals surface area contributed by atoms with Gasteiger partial charge in [-0.05, 0) is 24.3 Å². The zero-order valence-corrected chi connectivity index (χ0v) is 10.9. The summed E-state index contributed by atoms with van der Waals surface area (Å²) in [5.41, 5.74) is 0. The maximum Gasteiger partial charge on any atom is 0.146 e. The van der Waals surface area contributed by atoms with Crippen LogP contribution in [0, 0.1) is 0 Å². The summed E-state index contributed by atoms with van der Waals surface area (Å²) in [6.45, 7) is 0. The minimum absolute atomic E-state index is 0.0988. The molecule has 0 aromatic carbocycles. The smallest absolute Gasteiger partial charge is 0.146 e. The van der Waals surface area contributed by atoms with Crippen LogP contribution in [0.3, 0.4) is 0 Å². The molecule has 88 valence electrons. The van der Waals surface area contributed by atoms with Gasteiger partial charge in [-0.15, -0.1) is 11.3 Å². The molecule has 1 atom stereocenters. The third-order valence-corrected chi connectivity index (χ3v) is 5.13. The van der Waals surface area contributed by atoms with E-state index in [1.54, 1.807) is 29.4 Å². The minimum atomic E-state index is 0.0988. The normalized spacial score (nSPS) is 20.9. The van der Waals surface area contributed by atoms with Gasteiger partial charge in [0.1, 0.15) is 22.0 Å². The summed E-state index contributed by atoms with van der Waals surface area (Å²) in [4.78, 5) is 21.4. The van der Waals surface area contributed by atoms with Gasteiger partial charge < -0.3 is 0 Å². The Morgan fingerprint density at radius 2 is 2.29 bits per heavy atom. The maximum atomic E-state index is 11.8. The predicted octanol–water partition coefficient (Wildman–Crippen LogP) is 3.30. The van der Waals surface area contributed by atoms with Crippen molar-refractivity contribution in [2.24, 2.45) is 0 Å². The molecule has 0 radical (unpaired) electrons. The first-order chi connectivity index (χ1) is 8.34. The van der Waals surface area contributed by atoms with E-state index in [1.807, 2.05) is 11.4 Å². The highest BCUT2D eigenvalue weighted by Gasteiger charge is 2.24.